The van der Waals surface area contributed by atoms with Gasteiger partial charge in [-0.3, -0.25) is 9.69 Å². The number of ether oxygens (including phenoxy) is 1. The van der Waals surface area contributed by atoms with Crippen molar-refractivity contribution in [1.29, 1.82) is 0 Å². The van der Waals surface area contributed by atoms with Gasteiger partial charge in [0.15, 0.2) is 5.78 Å². The van der Waals surface area contributed by atoms with E-state index in [1.807, 2.05) is 37.3 Å². The van der Waals surface area contributed by atoms with E-state index < -0.39 is 12.1 Å². The van der Waals surface area contributed by atoms with E-state index in [1.54, 1.807) is 0 Å². The normalized spacial score (nSPS) is 21.8. The largest absolute Gasteiger partial charge is 0.445 e. The summed E-state index contributed by atoms with van der Waals surface area (Å²) in [5.41, 5.74) is 0.924. The van der Waals surface area contributed by atoms with Gasteiger partial charge in [-0.2, -0.15) is 0 Å². The zero-order valence-corrected chi connectivity index (χ0v) is 12.2. The maximum atomic E-state index is 12.1. The molecule has 1 aromatic rings. The number of nitrogens with zero attached hydrogens (tertiary/aromatic N) is 1. The third-order valence-electron chi connectivity index (χ3n) is 3.45. The molecule has 1 fully saturated rings. The molecule has 4 nitrogen and oxygen atoms in total. The highest BCUT2D eigenvalue weighted by molar-refractivity contribution is 6.28. The molecule has 1 saturated heterocycles. The summed E-state index contributed by atoms with van der Waals surface area (Å²) in [6.07, 6.45) is 0.216. The fourth-order valence-electron chi connectivity index (χ4n) is 2.44. The van der Waals surface area contributed by atoms with E-state index in [9.17, 15) is 9.59 Å². The van der Waals surface area contributed by atoms with Crippen molar-refractivity contribution in [2.24, 2.45) is 5.92 Å². The summed E-state index contributed by atoms with van der Waals surface area (Å²) in [7, 11) is 0. The molecule has 0 aromatic heterocycles. The van der Waals surface area contributed by atoms with Crippen molar-refractivity contribution in [2.45, 2.75) is 26.0 Å². The highest BCUT2D eigenvalue weighted by atomic mass is 35.5. The summed E-state index contributed by atoms with van der Waals surface area (Å²) < 4.78 is 5.28. The van der Waals surface area contributed by atoms with Crippen molar-refractivity contribution in [3.05, 3.63) is 35.9 Å². The second kappa shape index (κ2) is 6.75. The lowest BCUT2D eigenvalue weighted by molar-refractivity contribution is -0.120. The van der Waals surface area contributed by atoms with Gasteiger partial charge >= 0.3 is 6.09 Å². The molecule has 20 heavy (non-hydrogen) atoms. The Bertz CT molecular complexity index is 477. The van der Waals surface area contributed by atoms with Crippen LogP contribution in [0.4, 0.5) is 4.79 Å². The van der Waals surface area contributed by atoms with Crippen molar-refractivity contribution in [1.82, 2.24) is 4.90 Å². The number of carbonyl (C=O) groups is 2. The minimum absolute atomic E-state index is 0.0696. The lowest BCUT2D eigenvalue weighted by Gasteiger charge is -2.22. The Labute approximate surface area is 123 Å². The number of benzene rings is 1. The summed E-state index contributed by atoms with van der Waals surface area (Å²) >= 11 is 5.59. The van der Waals surface area contributed by atoms with Crippen LogP contribution in [0.25, 0.3) is 0 Å². The zero-order chi connectivity index (χ0) is 14.5. The topological polar surface area (TPSA) is 46.6 Å². The molecule has 1 aromatic carbocycles. The summed E-state index contributed by atoms with van der Waals surface area (Å²) in [4.78, 5) is 25.4. The van der Waals surface area contributed by atoms with Gasteiger partial charge in [-0.1, -0.05) is 37.3 Å². The van der Waals surface area contributed by atoms with Crippen LogP contribution < -0.4 is 0 Å². The van der Waals surface area contributed by atoms with Gasteiger partial charge in [0.25, 0.3) is 0 Å². The minimum Gasteiger partial charge on any atom is -0.445 e. The van der Waals surface area contributed by atoms with Crippen LogP contribution in [0.15, 0.2) is 30.3 Å². The molecule has 0 N–H and O–H groups in total. The van der Waals surface area contributed by atoms with Crippen molar-refractivity contribution in [2.75, 3.05) is 12.4 Å². The Morgan fingerprint density at radius 1 is 1.35 bits per heavy atom. The third-order valence-corrected chi connectivity index (χ3v) is 3.72. The standard InChI is InChI=1S/C15H18ClNO3/c1-11-7-13(14(18)8-16)17(9-11)15(19)20-10-12-5-3-2-4-6-12/h2-6,11,13H,7-10H2,1H3/t11-,13+/m0/s1. The molecule has 2 rings (SSSR count). The Balaban J connectivity index is 1.95. The molecule has 1 aliphatic heterocycles. The van der Waals surface area contributed by atoms with E-state index in [0.717, 1.165) is 5.56 Å². The van der Waals surface area contributed by atoms with Gasteiger partial charge in [-0.15, -0.1) is 11.6 Å². The van der Waals surface area contributed by atoms with Gasteiger partial charge in [-0.25, -0.2) is 4.79 Å². The minimum atomic E-state index is -0.443. The van der Waals surface area contributed by atoms with E-state index in [2.05, 4.69) is 0 Å². The van der Waals surface area contributed by atoms with Crippen LogP contribution in [-0.2, 0) is 16.1 Å². The Hall–Kier alpha value is -1.55. The molecule has 0 saturated carbocycles. The SMILES string of the molecule is C[C@H]1C[C@H](C(=O)CCl)N(C(=O)OCc2ccccc2)C1. The molecule has 108 valence electrons. The summed E-state index contributed by atoms with van der Waals surface area (Å²) in [5, 5.41) is 0. The van der Waals surface area contributed by atoms with Crippen LogP contribution in [0.1, 0.15) is 18.9 Å². The maximum absolute atomic E-state index is 12.1. The van der Waals surface area contributed by atoms with E-state index in [0.29, 0.717) is 13.0 Å². The monoisotopic (exact) mass is 295 g/mol. The van der Waals surface area contributed by atoms with Gasteiger partial charge in [-0.05, 0) is 17.9 Å². The van der Waals surface area contributed by atoms with E-state index >= 15 is 0 Å². The average Bonchev–Trinajstić information content (AvgIpc) is 2.87. The first-order valence-corrected chi connectivity index (χ1v) is 7.21. The number of carbonyl (C=O) groups excluding carboxylic acids is 2. The molecular weight excluding hydrogens is 278 g/mol. The van der Waals surface area contributed by atoms with Crippen LogP contribution in [0.2, 0.25) is 0 Å². The highest BCUT2D eigenvalue weighted by Crippen LogP contribution is 2.24. The molecule has 5 heteroatoms. The Morgan fingerprint density at radius 3 is 2.70 bits per heavy atom. The van der Waals surface area contributed by atoms with Gasteiger partial charge in [0, 0.05) is 6.54 Å². The summed E-state index contributed by atoms with van der Waals surface area (Å²) in [6, 6.07) is 9.03. The quantitative estimate of drug-likeness (QED) is 0.803. The third kappa shape index (κ3) is 3.51. The van der Waals surface area contributed by atoms with Crippen molar-refractivity contribution in [3.8, 4) is 0 Å². The molecule has 0 spiro atoms. The maximum Gasteiger partial charge on any atom is 0.410 e. The number of likely N-dealkylation sites (tertiary alicyclic amines) is 1. The first-order chi connectivity index (χ1) is 9.61. The highest BCUT2D eigenvalue weighted by Gasteiger charge is 2.37. The number of rotatable bonds is 4. The van der Waals surface area contributed by atoms with Crippen LogP contribution in [0.5, 0.6) is 0 Å². The predicted octanol–water partition coefficient (Wildman–Crippen LogP) is 2.84. The fourth-order valence-corrected chi connectivity index (χ4v) is 2.62. The summed E-state index contributed by atoms with van der Waals surface area (Å²) in [5.74, 6) is 0.101. The lowest BCUT2D eigenvalue weighted by atomic mass is 10.1. The number of amides is 1. The van der Waals surface area contributed by atoms with E-state index in [-0.39, 0.29) is 24.2 Å². The molecule has 1 aliphatic rings. The molecule has 0 unspecified atom stereocenters. The lowest BCUT2D eigenvalue weighted by Crippen LogP contribution is -2.41. The Kier molecular flexibility index (Phi) is 5.01. The van der Waals surface area contributed by atoms with Crippen molar-refractivity contribution in [3.63, 3.8) is 0 Å². The van der Waals surface area contributed by atoms with Crippen molar-refractivity contribution < 1.29 is 14.3 Å². The van der Waals surface area contributed by atoms with Crippen LogP contribution in [-0.4, -0.2) is 35.2 Å². The number of hydrogen-bond acceptors (Lipinski definition) is 3. The number of halogens is 1. The number of Topliss-reactive ketones (excluding diaryl/α,β-unsaturated/α-hetero) is 1. The van der Waals surface area contributed by atoms with Gasteiger partial charge in [0.2, 0.25) is 0 Å². The molecule has 1 amide bonds. The second-order valence-corrected chi connectivity index (χ2v) is 5.42. The molecule has 2 atom stereocenters. The molecule has 0 bridgehead atoms. The summed E-state index contributed by atoms with van der Waals surface area (Å²) in [6.45, 7) is 2.77. The fraction of sp³-hybridized carbons (Fsp3) is 0.467. The molecular formula is C15H18ClNO3. The average molecular weight is 296 g/mol. The van der Waals surface area contributed by atoms with Gasteiger partial charge in [0.1, 0.15) is 6.61 Å². The van der Waals surface area contributed by atoms with Crippen LogP contribution in [0.3, 0.4) is 0 Å². The first-order valence-electron chi connectivity index (χ1n) is 6.67. The Morgan fingerprint density at radius 2 is 2.05 bits per heavy atom. The number of ketones is 1. The van der Waals surface area contributed by atoms with Crippen LogP contribution >= 0.6 is 11.6 Å². The molecule has 1 heterocycles. The van der Waals surface area contributed by atoms with Gasteiger partial charge in [0.05, 0.1) is 11.9 Å². The van der Waals surface area contributed by atoms with E-state index in [1.165, 1.54) is 4.90 Å². The predicted molar refractivity (Wildman–Crippen MR) is 76.6 cm³/mol. The number of hydrogen-bond donors (Lipinski definition) is 0. The first kappa shape index (κ1) is 14.9. The zero-order valence-electron chi connectivity index (χ0n) is 11.4. The number of alkyl halides is 1. The molecule has 0 aliphatic carbocycles. The second-order valence-electron chi connectivity index (χ2n) is 5.15. The smallest absolute Gasteiger partial charge is 0.410 e. The van der Waals surface area contributed by atoms with Crippen LogP contribution in [0, 0.1) is 5.92 Å². The van der Waals surface area contributed by atoms with E-state index in [4.69, 9.17) is 16.3 Å². The van der Waals surface area contributed by atoms with Crippen molar-refractivity contribution >= 4 is 23.5 Å². The van der Waals surface area contributed by atoms with Gasteiger partial charge < -0.3 is 4.74 Å². The molecule has 0 radical (unpaired) electrons.